The van der Waals surface area contributed by atoms with Crippen LogP contribution in [0.2, 0.25) is 0 Å². The molecular formula is C15H19N3O4S. The average molecular weight is 337 g/mol. The number of carbonyl (C=O) groups is 1. The van der Waals surface area contributed by atoms with Gasteiger partial charge in [-0.15, -0.1) is 0 Å². The number of benzene rings is 1. The highest BCUT2D eigenvalue weighted by Crippen LogP contribution is 2.27. The predicted molar refractivity (Wildman–Crippen MR) is 81.8 cm³/mol. The van der Waals surface area contributed by atoms with Crippen LogP contribution in [0, 0.1) is 17.2 Å². The minimum Gasteiger partial charge on any atom is -0.289 e. The monoisotopic (exact) mass is 337 g/mol. The maximum atomic E-state index is 12.8. The fourth-order valence-electron chi connectivity index (χ4n) is 2.77. The zero-order valence-electron chi connectivity index (χ0n) is 12.6. The van der Waals surface area contributed by atoms with Crippen LogP contribution < -0.4 is 5.48 Å². The topological polar surface area (TPSA) is 111 Å². The van der Waals surface area contributed by atoms with Crippen LogP contribution in [0.4, 0.5) is 0 Å². The van der Waals surface area contributed by atoms with E-state index >= 15 is 0 Å². The Labute approximate surface area is 135 Å². The highest BCUT2D eigenvalue weighted by atomic mass is 32.2. The van der Waals surface area contributed by atoms with Crippen molar-refractivity contribution in [1.82, 2.24) is 9.79 Å². The Bertz CT molecular complexity index is 688. The molecule has 2 N–H and O–H groups in total. The van der Waals surface area contributed by atoms with Crippen molar-refractivity contribution in [3.05, 3.63) is 29.8 Å². The van der Waals surface area contributed by atoms with Crippen molar-refractivity contribution in [2.24, 2.45) is 5.92 Å². The highest BCUT2D eigenvalue weighted by molar-refractivity contribution is 7.89. The van der Waals surface area contributed by atoms with Gasteiger partial charge in [0.25, 0.3) is 5.91 Å². The van der Waals surface area contributed by atoms with Crippen LogP contribution in [-0.4, -0.2) is 36.9 Å². The lowest BCUT2D eigenvalue weighted by Crippen LogP contribution is -2.42. The number of nitrogens with one attached hydrogen (secondary N) is 1. The molecule has 8 heteroatoms. The minimum absolute atomic E-state index is 0.0280. The first-order chi connectivity index (χ1) is 11.0. The molecule has 2 rings (SSSR count). The van der Waals surface area contributed by atoms with Crippen molar-refractivity contribution in [3.8, 4) is 6.07 Å². The zero-order chi connectivity index (χ0) is 16.9. The third-order valence-electron chi connectivity index (χ3n) is 4.00. The number of nitriles is 1. The van der Waals surface area contributed by atoms with Gasteiger partial charge in [0, 0.05) is 6.54 Å². The lowest BCUT2D eigenvalue weighted by molar-refractivity contribution is -0.129. The molecule has 0 radical (unpaired) electrons. The predicted octanol–water partition coefficient (Wildman–Crippen LogP) is 1.24. The van der Waals surface area contributed by atoms with Crippen molar-refractivity contribution < 1.29 is 18.4 Å². The number of rotatable bonds is 6. The van der Waals surface area contributed by atoms with E-state index in [4.69, 9.17) is 10.5 Å². The van der Waals surface area contributed by atoms with E-state index in [0.717, 1.165) is 30.0 Å². The molecule has 1 aliphatic rings. The lowest BCUT2D eigenvalue weighted by atomic mass is 10.1. The molecule has 1 fully saturated rings. The van der Waals surface area contributed by atoms with Crippen LogP contribution >= 0.6 is 0 Å². The van der Waals surface area contributed by atoms with E-state index in [1.807, 2.05) is 6.07 Å². The first-order valence-corrected chi connectivity index (χ1v) is 8.84. The van der Waals surface area contributed by atoms with Crippen LogP contribution in [0.25, 0.3) is 0 Å². The van der Waals surface area contributed by atoms with E-state index in [2.05, 4.69) is 0 Å². The molecular weight excluding hydrogens is 318 g/mol. The Balaban J connectivity index is 2.26. The molecule has 0 bridgehead atoms. The number of carbonyl (C=O) groups excluding carboxylic acids is 1. The fraction of sp³-hybridized carbons (Fsp3) is 0.467. The molecule has 1 aromatic rings. The van der Waals surface area contributed by atoms with E-state index < -0.39 is 22.5 Å². The molecule has 0 aromatic heterocycles. The quantitative estimate of drug-likeness (QED) is 0.599. The molecule has 7 nitrogen and oxygen atoms in total. The van der Waals surface area contributed by atoms with Gasteiger partial charge in [-0.2, -0.15) is 9.57 Å². The molecule has 0 aliphatic heterocycles. The normalized spacial score (nSPS) is 15.5. The summed E-state index contributed by atoms with van der Waals surface area (Å²) in [6.07, 6.45) is 3.98. The molecule has 0 atom stereocenters. The Morgan fingerprint density at radius 2 is 1.91 bits per heavy atom. The summed E-state index contributed by atoms with van der Waals surface area (Å²) in [4.78, 5) is 11.5. The van der Waals surface area contributed by atoms with Crippen LogP contribution in [0.5, 0.6) is 0 Å². The average Bonchev–Trinajstić information content (AvgIpc) is 3.07. The Morgan fingerprint density at radius 3 is 2.43 bits per heavy atom. The van der Waals surface area contributed by atoms with E-state index in [-0.39, 0.29) is 17.4 Å². The SMILES string of the molecule is N#Cc1ccc(S(=O)(=O)N(CC(=O)NO)CC2CCCC2)cc1. The number of sulfonamides is 1. The number of hydroxylamine groups is 1. The highest BCUT2D eigenvalue weighted by Gasteiger charge is 2.30. The molecule has 0 unspecified atom stereocenters. The smallest absolute Gasteiger partial charge is 0.258 e. The van der Waals surface area contributed by atoms with E-state index in [1.54, 1.807) is 0 Å². The number of hydrogen-bond acceptors (Lipinski definition) is 5. The number of hydrogen-bond donors (Lipinski definition) is 2. The van der Waals surface area contributed by atoms with Crippen LogP contribution in [0.1, 0.15) is 31.2 Å². The molecule has 1 saturated carbocycles. The Hall–Kier alpha value is -1.95. The second kappa shape index (κ2) is 7.55. The van der Waals surface area contributed by atoms with Gasteiger partial charge in [-0.1, -0.05) is 12.8 Å². The van der Waals surface area contributed by atoms with E-state index in [1.165, 1.54) is 29.7 Å². The standard InChI is InChI=1S/C15H19N3O4S/c16-9-12-5-7-14(8-6-12)23(21,22)18(11-15(19)17-20)10-13-3-1-2-4-13/h5-8,13,20H,1-4,10-11H2,(H,17,19). The maximum absolute atomic E-state index is 12.8. The van der Waals surface area contributed by atoms with Gasteiger partial charge in [0.15, 0.2) is 0 Å². The molecule has 1 amide bonds. The maximum Gasteiger partial charge on any atom is 0.258 e. The second-order valence-corrected chi connectivity index (χ2v) is 7.56. The van der Waals surface area contributed by atoms with Gasteiger partial charge in [-0.05, 0) is 43.0 Å². The largest absolute Gasteiger partial charge is 0.289 e. The summed E-state index contributed by atoms with van der Waals surface area (Å²) in [6.45, 7) is -0.189. The summed E-state index contributed by atoms with van der Waals surface area (Å²) in [5, 5.41) is 17.5. The van der Waals surface area contributed by atoms with Gasteiger partial charge in [0.05, 0.1) is 23.1 Å². The van der Waals surface area contributed by atoms with Gasteiger partial charge < -0.3 is 0 Å². The minimum atomic E-state index is -3.87. The first kappa shape index (κ1) is 17.4. The van der Waals surface area contributed by atoms with Crippen LogP contribution in [-0.2, 0) is 14.8 Å². The third-order valence-corrected chi connectivity index (χ3v) is 5.83. The zero-order valence-corrected chi connectivity index (χ0v) is 13.4. The van der Waals surface area contributed by atoms with E-state index in [0.29, 0.717) is 5.56 Å². The Kier molecular flexibility index (Phi) is 5.71. The first-order valence-electron chi connectivity index (χ1n) is 7.40. The molecule has 0 saturated heterocycles. The third kappa shape index (κ3) is 4.28. The van der Waals surface area contributed by atoms with Gasteiger partial charge in [-0.25, -0.2) is 13.9 Å². The molecule has 1 aliphatic carbocycles. The molecule has 1 aromatic carbocycles. The Morgan fingerprint density at radius 1 is 1.30 bits per heavy atom. The summed E-state index contributed by atoms with van der Waals surface area (Å²) in [5.41, 5.74) is 1.83. The van der Waals surface area contributed by atoms with Crippen molar-refractivity contribution in [2.45, 2.75) is 30.6 Å². The lowest BCUT2D eigenvalue weighted by Gasteiger charge is -2.24. The summed E-state index contributed by atoms with van der Waals surface area (Å²) in [5.74, 6) is -0.560. The van der Waals surface area contributed by atoms with Gasteiger partial charge in [-0.3, -0.25) is 10.0 Å². The summed E-state index contributed by atoms with van der Waals surface area (Å²) >= 11 is 0. The van der Waals surface area contributed by atoms with Gasteiger partial charge in [0.2, 0.25) is 10.0 Å². The molecule has 0 heterocycles. The van der Waals surface area contributed by atoms with Gasteiger partial charge in [0.1, 0.15) is 0 Å². The summed E-state index contributed by atoms with van der Waals surface area (Å²) in [6, 6.07) is 7.48. The fourth-order valence-corrected chi connectivity index (χ4v) is 4.25. The number of amides is 1. The molecule has 23 heavy (non-hydrogen) atoms. The van der Waals surface area contributed by atoms with Crippen LogP contribution in [0.15, 0.2) is 29.2 Å². The van der Waals surface area contributed by atoms with Crippen molar-refractivity contribution >= 4 is 15.9 Å². The van der Waals surface area contributed by atoms with Crippen molar-refractivity contribution in [2.75, 3.05) is 13.1 Å². The molecule has 0 spiro atoms. The van der Waals surface area contributed by atoms with Crippen LogP contribution in [0.3, 0.4) is 0 Å². The van der Waals surface area contributed by atoms with Crippen molar-refractivity contribution in [3.63, 3.8) is 0 Å². The van der Waals surface area contributed by atoms with E-state index in [9.17, 15) is 13.2 Å². The summed E-state index contributed by atoms with van der Waals surface area (Å²) < 4.78 is 26.6. The molecule has 124 valence electrons. The van der Waals surface area contributed by atoms with Crippen molar-refractivity contribution in [1.29, 1.82) is 5.26 Å². The second-order valence-electron chi connectivity index (χ2n) is 5.62. The van der Waals surface area contributed by atoms with Gasteiger partial charge >= 0.3 is 0 Å². The number of nitrogens with zero attached hydrogens (tertiary/aromatic N) is 2. The summed E-state index contributed by atoms with van der Waals surface area (Å²) in [7, 11) is -3.87.